The van der Waals surface area contributed by atoms with Gasteiger partial charge in [-0.05, 0) is 0 Å². The van der Waals surface area contributed by atoms with Crippen molar-refractivity contribution in [3.05, 3.63) is 17.7 Å². The number of amides is 1. The Morgan fingerprint density at radius 3 is 2.79 bits per heavy atom. The van der Waals surface area contributed by atoms with Gasteiger partial charge in [-0.25, -0.2) is 15.2 Å². The Morgan fingerprint density at radius 2 is 2.29 bits per heavy atom. The van der Waals surface area contributed by atoms with E-state index in [1.54, 1.807) is 7.05 Å². The second kappa shape index (κ2) is 3.88. The zero-order valence-corrected chi connectivity index (χ0v) is 7.74. The first-order valence-corrected chi connectivity index (χ1v) is 3.80. The highest BCUT2D eigenvalue weighted by atomic mass is 16.4. The van der Waals surface area contributed by atoms with Gasteiger partial charge in [0.05, 0.1) is 6.33 Å². The summed E-state index contributed by atoms with van der Waals surface area (Å²) in [5, 5.41) is 9.84. The normalized spacial score (nSPS) is 9.86. The highest BCUT2D eigenvalue weighted by molar-refractivity contribution is 6.01. The van der Waals surface area contributed by atoms with Crippen LogP contribution in [0.3, 0.4) is 0 Å². The number of H-pyrrole nitrogens is 1. The molecule has 0 atom stereocenters. The van der Waals surface area contributed by atoms with E-state index in [9.17, 15) is 9.59 Å². The number of carbonyl (C=O) groups is 2. The van der Waals surface area contributed by atoms with Gasteiger partial charge in [-0.15, -0.1) is 0 Å². The molecule has 0 fully saturated rings. The summed E-state index contributed by atoms with van der Waals surface area (Å²) < 4.78 is 0. The molecular weight excluding hydrogens is 188 g/mol. The maximum atomic E-state index is 11.5. The van der Waals surface area contributed by atoms with E-state index in [0.29, 0.717) is 0 Å². The van der Waals surface area contributed by atoms with Crippen molar-refractivity contribution < 1.29 is 14.7 Å². The van der Waals surface area contributed by atoms with Crippen LogP contribution in [0.5, 0.6) is 0 Å². The van der Waals surface area contributed by atoms with Crippen molar-refractivity contribution in [3.63, 3.8) is 0 Å². The largest absolute Gasteiger partial charge is 0.477 e. The van der Waals surface area contributed by atoms with Crippen LogP contribution in [0.1, 0.15) is 21.0 Å². The molecule has 0 saturated heterocycles. The van der Waals surface area contributed by atoms with Crippen molar-refractivity contribution in [1.82, 2.24) is 20.4 Å². The number of nitrogens with one attached hydrogen (secondary N) is 2. The Balaban J connectivity index is 3.01. The van der Waals surface area contributed by atoms with Gasteiger partial charge in [-0.1, -0.05) is 0 Å². The molecule has 0 aliphatic rings. The van der Waals surface area contributed by atoms with Gasteiger partial charge in [-0.3, -0.25) is 9.80 Å². The minimum atomic E-state index is -1.21. The van der Waals surface area contributed by atoms with Crippen LogP contribution in [0.25, 0.3) is 0 Å². The van der Waals surface area contributed by atoms with E-state index >= 15 is 0 Å². The average Bonchev–Trinajstić information content (AvgIpc) is 2.63. The van der Waals surface area contributed by atoms with Crippen LogP contribution < -0.4 is 5.43 Å². The van der Waals surface area contributed by atoms with Crippen LogP contribution in [0.2, 0.25) is 0 Å². The SMILES string of the molecule is CNN(C)C(=O)c1nc[nH]c1C(=O)O. The van der Waals surface area contributed by atoms with Crippen molar-refractivity contribution in [2.45, 2.75) is 0 Å². The fraction of sp³-hybridized carbons (Fsp3) is 0.286. The van der Waals surface area contributed by atoms with Gasteiger partial charge in [-0.2, -0.15) is 0 Å². The van der Waals surface area contributed by atoms with E-state index in [1.165, 1.54) is 13.4 Å². The number of carboxylic acid groups (broad SMARTS) is 1. The molecule has 0 aromatic carbocycles. The molecular formula is C7H10N4O3. The Kier molecular flexibility index (Phi) is 2.82. The molecule has 7 nitrogen and oxygen atoms in total. The fourth-order valence-corrected chi connectivity index (χ4v) is 0.880. The second-order valence-corrected chi connectivity index (χ2v) is 2.52. The molecule has 3 N–H and O–H groups in total. The number of hydrazine groups is 1. The van der Waals surface area contributed by atoms with Gasteiger partial charge in [0.1, 0.15) is 0 Å². The number of hydrogen-bond acceptors (Lipinski definition) is 4. The number of nitrogens with zero attached hydrogens (tertiary/aromatic N) is 2. The number of hydrogen-bond donors (Lipinski definition) is 3. The molecule has 0 aliphatic carbocycles. The number of aromatic carboxylic acids is 1. The minimum absolute atomic E-state index is 0.116. The third-order valence-electron chi connectivity index (χ3n) is 1.70. The third kappa shape index (κ3) is 1.72. The Bertz CT molecular complexity index is 360. The lowest BCUT2D eigenvalue weighted by Crippen LogP contribution is -2.37. The first kappa shape index (κ1) is 10.2. The third-order valence-corrected chi connectivity index (χ3v) is 1.70. The van der Waals surface area contributed by atoms with E-state index in [1.807, 2.05) is 0 Å². The molecule has 0 saturated carbocycles. The lowest BCUT2D eigenvalue weighted by molar-refractivity contribution is 0.0663. The first-order valence-electron chi connectivity index (χ1n) is 3.80. The molecule has 7 heteroatoms. The summed E-state index contributed by atoms with van der Waals surface area (Å²) in [6.45, 7) is 0. The van der Waals surface area contributed by atoms with Gasteiger partial charge >= 0.3 is 5.97 Å². The van der Waals surface area contributed by atoms with Crippen molar-refractivity contribution in [2.24, 2.45) is 0 Å². The quantitative estimate of drug-likeness (QED) is 0.558. The number of aromatic nitrogens is 2. The van der Waals surface area contributed by atoms with E-state index in [0.717, 1.165) is 5.01 Å². The monoisotopic (exact) mass is 198 g/mol. The topological polar surface area (TPSA) is 98.3 Å². The number of aromatic amines is 1. The summed E-state index contributed by atoms with van der Waals surface area (Å²) >= 11 is 0. The summed E-state index contributed by atoms with van der Waals surface area (Å²) in [7, 11) is 3.02. The Labute approximate surface area is 79.7 Å². The van der Waals surface area contributed by atoms with Crippen molar-refractivity contribution >= 4 is 11.9 Å². The van der Waals surface area contributed by atoms with Crippen LogP contribution >= 0.6 is 0 Å². The van der Waals surface area contributed by atoms with Crippen LogP contribution in [-0.4, -0.2) is 46.1 Å². The number of imidazole rings is 1. The number of carbonyl (C=O) groups excluding carboxylic acids is 1. The summed E-state index contributed by atoms with van der Waals surface area (Å²) in [5.41, 5.74) is 2.23. The molecule has 0 aliphatic heterocycles. The standard InChI is InChI=1S/C7H10N4O3/c1-8-11(2)6(12)4-5(7(13)14)10-3-9-4/h3,8H,1-2H3,(H,9,10)(H,13,14). The second-order valence-electron chi connectivity index (χ2n) is 2.52. The smallest absolute Gasteiger partial charge is 0.354 e. The molecule has 0 radical (unpaired) electrons. The maximum absolute atomic E-state index is 11.5. The highest BCUT2D eigenvalue weighted by Crippen LogP contribution is 2.04. The van der Waals surface area contributed by atoms with E-state index in [2.05, 4.69) is 15.4 Å². The van der Waals surface area contributed by atoms with Gasteiger partial charge in [0.25, 0.3) is 5.91 Å². The summed E-state index contributed by atoms with van der Waals surface area (Å²) in [4.78, 5) is 28.1. The molecule has 0 unspecified atom stereocenters. The van der Waals surface area contributed by atoms with E-state index < -0.39 is 11.9 Å². The first-order chi connectivity index (χ1) is 6.57. The van der Waals surface area contributed by atoms with Gasteiger partial charge in [0.2, 0.25) is 0 Å². The molecule has 1 rings (SSSR count). The predicted octanol–water partition coefficient (Wildman–Crippen LogP) is -0.686. The summed E-state index contributed by atoms with van der Waals surface area (Å²) in [5.74, 6) is -1.72. The maximum Gasteiger partial charge on any atom is 0.354 e. The lowest BCUT2D eigenvalue weighted by Gasteiger charge is -2.13. The van der Waals surface area contributed by atoms with Crippen LogP contribution in [-0.2, 0) is 0 Å². The molecule has 76 valence electrons. The Morgan fingerprint density at radius 1 is 1.64 bits per heavy atom. The van der Waals surface area contributed by atoms with Crippen molar-refractivity contribution in [3.8, 4) is 0 Å². The summed E-state index contributed by atoms with van der Waals surface area (Å²) in [6.07, 6.45) is 1.17. The minimum Gasteiger partial charge on any atom is -0.477 e. The molecule has 14 heavy (non-hydrogen) atoms. The van der Waals surface area contributed by atoms with Crippen LogP contribution in [0.4, 0.5) is 0 Å². The molecule has 1 aromatic rings. The Hall–Kier alpha value is -1.89. The zero-order valence-electron chi connectivity index (χ0n) is 7.74. The highest BCUT2D eigenvalue weighted by Gasteiger charge is 2.21. The van der Waals surface area contributed by atoms with Crippen LogP contribution in [0.15, 0.2) is 6.33 Å². The zero-order chi connectivity index (χ0) is 10.7. The van der Waals surface area contributed by atoms with E-state index in [-0.39, 0.29) is 11.4 Å². The molecule has 1 heterocycles. The van der Waals surface area contributed by atoms with Crippen molar-refractivity contribution in [2.75, 3.05) is 14.1 Å². The fourth-order valence-electron chi connectivity index (χ4n) is 0.880. The number of carboxylic acids is 1. The van der Waals surface area contributed by atoms with E-state index in [4.69, 9.17) is 5.11 Å². The molecule has 0 spiro atoms. The van der Waals surface area contributed by atoms with Gasteiger partial charge in [0, 0.05) is 14.1 Å². The van der Waals surface area contributed by atoms with Crippen LogP contribution in [0, 0.1) is 0 Å². The average molecular weight is 198 g/mol. The molecule has 1 amide bonds. The molecule has 1 aromatic heterocycles. The molecule has 0 bridgehead atoms. The van der Waals surface area contributed by atoms with Gasteiger partial charge < -0.3 is 10.1 Å². The lowest BCUT2D eigenvalue weighted by atomic mass is 10.3. The van der Waals surface area contributed by atoms with Gasteiger partial charge in [0.15, 0.2) is 11.4 Å². The summed E-state index contributed by atoms with van der Waals surface area (Å²) in [6, 6.07) is 0. The van der Waals surface area contributed by atoms with Crippen molar-refractivity contribution in [1.29, 1.82) is 0 Å². The number of rotatable bonds is 3. The predicted molar refractivity (Wildman–Crippen MR) is 46.7 cm³/mol.